The molecule has 7 heteroatoms. The Kier molecular flexibility index (Phi) is 6.08. The molecule has 0 N–H and O–H groups in total. The van der Waals surface area contributed by atoms with Crippen LogP contribution in [0.1, 0.15) is 24.0 Å². The maximum Gasteiger partial charge on any atom is 0.409 e. The fraction of sp³-hybridized carbons (Fsp3) is 0.360. The van der Waals surface area contributed by atoms with Crippen molar-refractivity contribution in [2.24, 2.45) is 0 Å². The zero-order valence-corrected chi connectivity index (χ0v) is 18.6. The van der Waals surface area contributed by atoms with Crippen molar-refractivity contribution in [3.8, 4) is 5.75 Å². The third-order valence-electron chi connectivity index (χ3n) is 6.53. The van der Waals surface area contributed by atoms with Crippen molar-refractivity contribution in [1.29, 1.82) is 0 Å². The zero-order chi connectivity index (χ0) is 22.7. The first-order chi connectivity index (χ1) is 15.5. The fourth-order valence-corrected chi connectivity index (χ4v) is 4.64. The van der Waals surface area contributed by atoms with Gasteiger partial charge in [0.2, 0.25) is 0 Å². The number of carbonyl (C=O) groups excluding carboxylic acids is 2. The number of piperidine rings is 1. The molecule has 168 valence electrons. The van der Waals surface area contributed by atoms with Crippen molar-refractivity contribution in [2.75, 3.05) is 38.8 Å². The van der Waals surface area contributed by atoms with Gasteiger partial charge in [0.05, 0.1) is 26.3 Å². The highest BCUT2D eigenvalue weighted by Crippen LogP contribution is 2.39. The van der Waals surface area contributed by atoms with E-state index in [0.717, 1.165) is 22.6 Å². The molecule has 1 spiro atoms. The van der Waals surface area contributed by atoms with Gasteiger partial charge in [0.1, 0.15) is 5.75 Å². The lowest BCUT2D eigenvalue weighted by Crippen LogP contribution is -2.55. The Morgan fingerprint density at radius 2 is 1.84 bits per heavy atom. The van der Waals surface area contributed by atoms with E-state index < -0.39 is 0 Å². The number of likely N-dealkylation sites (tertiary alicyclic amines) is 1. The molecule has 0 saturated carbocycles. The van der Waals surface area contributed by atoms with Crippen molar-refractivity contribution >= 4 is 23.9 Å². The molecule has 2 fully saturated rings. The van der Waals surface area contributed by atoms with E-state index in [0.29, 0.717) is 39.0 Å². The number of urea groups is 1. The number of hydrogen-bond donors (Lipinski definition) is 0. The second-order valence-electron chi connectivity index (χ2n) is 8.28. The van der Waals surface area contributed by atoms with E-state index in [4.69, 9.17) is 9.47 Å². The number of carbonyl (C=O) groups is 2. The van der Waals surface area contributed by atoms with E-state index >= 15 is 0 Å². The van der Waals surface area contributed by atoms with Crippen LogP contribution in [0.5, 0.6) is 5.75 Å². The molecular weight excluding hydrogens is 406 g/mol. The van der Waals surface area contributed by atoms with Crippen molar-refractivity contribution in [1.82, 2.24) is 9.80 Å². The van der Waals surface area contributed by atoms with Crippen molar-refractivity contribution < 1.29 is 19.1 Å². The Labute approximate surface area is 188 Å². The van der Waals surface area contributed by atoms with Crippen LogP contribution < -0.4 is 9.64 Å². The highest BCUT2D eigenvalue weighted by atomic mass is 16.5. The molecule has 2 aromatic rings. The minimum absolute atomic E-state index is 0.0225. The summed E-state index contributed by atoms with van der Waals surface area (Å²) < 4.78 is 10.3. The Balaban J connectivity index is 1.64. The van der Waals surface area contributed by atoms with Crippen LogP contribution in [0.4, 0.5) is 15.3 Å². The molecule has 0 atom stereocenters. The minimum atomic E-state index is -0.359. The topological polar surface area (TPSA) is 62.3 Å². The molecule has 0 aromatic heterocycles. The maximum absolute atomic E-state index is 13.7. The SMILES string of the molecule is C=Cc1ccc(N2CC3(CCN(C(=O)OC)CC3)N(Cc3cccc(OC)c3)C2=O)cc1. The van der Waals surface area contributed by atoms with E-state index in [-0.39, 0.29) is 17.7 Å². The summed E-state index contributed by atoms with van der Waals surface area (Å²) in [6, 6.07) is 15.6. The van der Waals surface area contributed by atoms with Crippen LogP contribution in [0.2, 0.25) is 0 Å². The number of ether oxygens (including phenoxy) is 2. The Morgan fingerprint density at radius 3 is 2.47 bits per heavy atom. The summed E-state index contributed by atoms with van der Waals surface area (Å²) in [6.07, 6.45) is 2.85. The van der Waals surface area contributed by atoms with Gasteiger partial charge in [-0.25, -0.2) is 9.59 Å². The lowest BCUT2D eigenvalue weighted by Gasteiger charge is -2.43. The number of methoxy groups -OCH3 is 2. The molecule has 2 saturated heterocycles. The van der Waals surface area contributed by atoms with Crippen molar-refractivity contribution in [3.05, 3.63) is 66.2 Å². The lowest BCUT2D eigenvalue weighted by atomic mass is 9.86. The number of hydrogen-bond acceptors (Lipinski definition) is 4. The van der Waals surface area contributed by atoms with Crippen LogP contribution in [-0.2, 0) is 11.3 Å². The summed E-state index contributed by atoms with van der Waals surface area (Å²) in [7, 11) is 3.04. The van der Waals surface area contributed by atoms with Gasteiger partial charge in [0, 0.05) is 25.3 Å². The van der Waals surface area contributed by atoms with E-state index in [1.54, 1.807) is 18.1 Å². The molecule has 0 unspecified atom stereocenters. The van der Waals surface area contributed by atoms with Crippen LogP contribution in [-0.4, -0.2) is 61.3 Å². The van der Waals surface area contributed by atoms with Gasteiger partial charge in [0.25, 0.3) is 0 Å². The number of rotatable bonds is 5. The first-order valence-corrected chi connectivity index (χ1v) is 10.8. The van der Waals surface area contributed by atoms with E-state index in [1.807, 2.05) is 58.3 Å². The summed E-state index contributed by atoms with van der Waals surface area (Å²) in [4.78, 5) is 31.2. The molecule has 3 amide bonds. The van der Waals surface area contributed by atoms with E-state index in [2.05, 4.69) is 6.58 Å². The van der Waals surface area contributed by atoms with Crippen LogP contribution in [0.25, 0.3) is 6.08 Å². The molecule has 2 aliphatic rings. The molecule has 2 aromatic carbocycles. The van der Waals surface area contributed by atoms with Crippen molar-refractivity contribution in [2.45, 2.75) is 24.9 Å². The Bertz CT molecular complexity index is 997. The van der Waals surface area contributed by atoms with Crippen LogP contribution >= 0.6 is 0 Å². The highest BCUT2D eigenvalue weighted by molar-refractivity contribution is 5.95. The van der Waals surface area contributed by atoms with Gasteiger partial charge >= 0.3 is 12.1 Å². The normalized spacial score (nSPS) is 17.6. The second-order valence-corrected chi connectivity index (χ2v) is 8.28. The third kappa shape index (κ3) is 4.02. The number of nitrogens with zero attached hydrogens (tertiary/aromatic N) is 3. The molecule has 2 heterocycles. The molecule has 32 heavy (non-hydrogen) atoms. The highest BCUT2D eigenvalue weighted by Gasteiger charge is 2.51. The predicted octanol–water partition coefficient (Wildman–Crippen LogP) is 4.38. The standard InChI is InChI=1S/C25H29N3O4/c1-4-19-8-10-21(11-9-19)27-18-25(12-14-26(15-13-25)24(30)32-3)28(23(27)29)17-20-6-5-7-22(16-20)31-2/h4-11,16H,1,12-15,17-18H2,2-3H3. The monoisotopic (exact) mass is 435 g/mol. The number of anilines is 1. The molecule has 4 rings (SSSR count). The van der Waals surface area contributed by atoms with Gasteiger partial charge in [-0.2, -0.15) is 0 Å². The summed E-state index contributed by atoms with van der Waals surface area (Å²) >= 11 is 0. The average Bonchev–Trinajstić information content (AvgIpc) is 3.10. The van der Waals surface area contributed by atoms with Crippen LogP contribution in [0.3, 0.4) is 0 Å². The van der Waals surface area contributed by atoms with Gasteiger partial charge in [-0.1, -0.05) is 36.9 Å². The summed E-state index contributed by atoms with van der Waals surface area (Å²) in [5.74, 6) is 0.764. The molecular formula is C25H29N3O4. The Morgan fingerprint density at radius 1 is 1.12 bits per heavy atom. The van der Waals surface area contributed by atoms with Crippen LogP contribution in [0.15, 0.2) is 55.1 Å². The Hall–Kier alpha value is -3.48. The number of benzene rings is 2. The zero-order valence-electron chi connectivity index (χ0n) is 18.6. The van der Waals surface area contributed by atoms with E-state index in [1.165, 1.54) is 7.11 Å². The third-order valence-corrected chi connectivity index (χ3v) is 6.53. The van der Waals surface area contributed by atoms with Crippen LogP contribution in [0, 0.1) is 0 Å². The van der Waals surface area contributed by atoms with Gasteiger partial charge in [-0.3, -0.25) is 4.90 Å². The first kappa shape index (κ1) is 21.7. The van der Waals surface area contributed by atoms with E-state index in [9.17, 15) is 9.59 Å². The van der Waals surface area contributed by atoms with Gasteiger partial charge in [-0.15, -0.1) is 0 Å². The largest absolute Gasteiger partial charge is 0.497 e. The molecule has 0 aliphatic carbocycles. The predicted molar refractivity (Wildman–Crippen MR) is 124 cm³/mol. The molecule has 0 radical (unpaired) electrons. The minimum Gasteiger partial charge on any atom is -0.497 e. The molecule has 2 aliphatic heterocycles. The molecule has 0 bridgehead atoms. The summed E-state index contributed by atoms with van der Waals surface area (Å²) in [6.45, 7) is 5.97. The quantitative estimate of drug-likeness (QED) is 0.699. The van der Waals surface area contributed by atoms with Gasteiger partial charge in [0.15, 0.2) is 0 Å². The lowest BCUT2D eigenvalue weighted by molar-refractivity contribution is 0.0615. The second kappa shape index (κ2) is 8.94. The smallest absolute Gasteiger partial charge is 0.409 e. The first-order valence-electron chi connectivity index (χ1n) is 10.8. The summed E-state index contributed by atoms with van der Waals surface area (Å²) in [5.41, 5.74) is 2.52. The van der Waals surface area contributed by atoms with Crippen molar-refractivity contribution in [3.63, 3.8) is 0 Å². The number of amides is 3. The van der Waals surface area contributed by atoms with Gasteiger partial charge < -0.3 is 19.3 Å². The maximum atomic E-state index is 13.7. The summed E-state index contributed by atoms with van der Waals surface area (Å²) in [5, 5.41) is 0. The van der Waals surface area contributed by atoms with Gasteiger partial charge in [-0.05, 0) is 48.2 Å². The average molecular weight is 436 g/mol. The molecule has 7 nitrogen and oxygen atoms in total. The fourth-order valence-electron chi connectivity index (χ4n) is 4.64.